The molecule has 0 aliphatic heterocycles. The number of halogens is 4. The molecule has 0 radical (unpaired) electrons. The normalized spacial score (nSPS) is 15.5. The maximum atomic E-state index is 12.1. The van der Waals surface area contributed by atoms with Gasteiger partial charge in [0.15, 0.2) is 0 Å². The van der Waals surface area contributed by atoms with Crippen LogP contribution in [0, 0.1) is 0 Å². The summed E-state index contributed by atoms with van der Waals surface area (Å²) in [5.41, 5.74) is 0.999. The zero-order valence-electron chi connectivity index (χ0n) is 11.8. The number of hydrogen-bond donors (Lipinski definition) is 0. The number of rotatable bonds is 6. The summed E-state index contributed by atoms with van der Waals surface area (Å²) in [5.74, 6) is -1.48. The lowest BCUT2D eigenvalue weighted by Crippen LogP contribution is -2.53. The Balaban J connectivity index is 3.11. The second-order valence-electron chi connectivity index (χ2n) is 4.35. The predicted octanol–water partition coefficient (Wildman–Crippen LogP) is 4.13. The minimum atomic E-state index is -1.66. The summed E-state index contributed by atoms with van der Waals surface area (Å²) >= 11 is 13.7. The molecule has 0 aliphatic rings. The SMILES string of the molecule is COC(=O)C(Br)(C(=O)OC)[C@H](Br)[C@@H](Br)[C@H](Br)c1ccccc1. The Morgan fingerprint density at radius 2 is 1.45 bits per heavy atom. The van der Waals surface area contributed by atoms with Crippen LogP contribution in [0.2, 0.25) is 0 Å². The van der Waals surface area contributed by atoms with E-state index in [1.165, 1.54) is 14.2 Å². The smallest absolute Gasteiger partial charge is 0.335 e. The number of benzene rings is 1. The van der Waals surface area contributed by atoms with Crippen molar-refractivity contribution in [2.45, 2.75) is 18.8 Å². The fraction of sp³-hybridized carbons (Fsp3) is 0.429. The predicted molar refractivity (Wildman–Crippen MR) is 99.2 cm³/mol. The van der Waals surface area contributed by atoms with Crippen molar-refractivity contribution in [1.29, 1.82) is 0 Å². The van der Waals surface area contributed by atoms with Gasteiger partial charge in [0.2, 0.25) is 4.32 Å². The lowest BCUT2D eigenvalue weighted by Gasteiger charge is -2.32. The van der Waals surface area contributed by atoms with Crippen LogP contribution < -0.4 is 0 Å². The summed E-state index contributed by atoms with van der Waals surface area (Å²) < 4.78 is 7.82. The number of alkyl halides is 4. The van der Waals surface area contributed by atoms with Crippen LogP contribution in [-0.4, -0.2) is 40.1 Å². The van der Waals surface area contributed by atoms with Gasteiger partial charge >= 0.3 is 11.9 Å². The van der Waals surface area contributed by atoms with Gasteiger partial charge in [-0.05, 0) is 5.56 Å². The molecule has 0 aliphatic carbocycles. The fourth-order valence-corrected chi connectivity index (χ4v) is 5.16. The van der Waals surface area contributed by atoms with Crippen LogP contribution in [-0.2, 0) is 19.1 Å². The van der Waals surface area contributed by atoms with Gasteiger partial charge in [0, 0.05) is 4.83 Å². The second kappa shape index (κ2) is 8.80. The summed E-state index contributed by atoms with van der Waals surface area (Å²) in [4.78, 5) is 23.1. The summed E-state index contributed by atoms with van der Waals surface area (Å²) in [7, 11) is 2.43. The molecule has 0 spiro atoms. The highest BCUT2D eigenvalue weighted by atomic mass is 79.9. The molecule has 1 rings (SSSR count). The highest BCUT2D eigenvalue weighted by Crippen LogP contribution is 2.43. The monoisotopic (exact) mass is 562 g/mol. The largest absolute Gasteiger partial charge is 0.467 e. The zero-order chi connectivity index (χ0) is 16.9. The summed E-state index contributed by atoms with van der Waals surface area (Å²) in [6.07, 6.45) is 0. The molecule has 8 heteroatoms. The van der Waals surface area contributed by atoms with Gasteiger partial charge in [-0.1, -0.05) is 94.1 Å². The number of ether oxygens (including phenoxy) is 2. The number of hydrogen-bond acceptors (Lipinski definition) is 4. The van der Waals surface area contributed by atoms with E-state index in [9.17, 15) is 9.59 Å². The molecule has 1 aromatic carbocycles. The van der Waals surface area contributed by atoms with Crippen molar-refractivity contribution in [1.82, 2.24) is 0 Å². The fourth-order valence-electron chi connectivity index (χ4n) is 1.79. The average Bonchev–Trinajstić information content (AvgIpc) is 2.58. The van der Waals surface area contributed by atoms with Gasteiger partial charge in [-0.3, -0.25) is 0 Å². The zero-order valence-corrected chi connectivity index (χ0v) is 18.1. The lowest BCUT2D eigenvalue weighted by molar-refractivity contribution is -0.155. The third-order valence-electron chi connectivity index (χ3n) is 3.02. The van der Waals surface area contributed by atoms with Gasteiger partial charge in [0.25, 0.3) is 0 Å². The molecular formula is C14H14Br4O4. The average molecular weight is 566 g/mol. The van der Waals surface area contributed by atoms with Crippen molar-refractivity contribution < 1.29 is 19.1 Å². The number of carbonyl (C=O) groups excluding carboxylic acids is 2. The Morgan fingerprint density at radius 1 is 1.00 bits per heavy atom. The van der Waals surface area contributed by atoms with Crippen LogP contribution in [0.3, 0.4) is 0 Å². The molecular weight excluding hydrogens is 552 g/mol. The lowest BCUT2D eigenvalue weighted by atomic mass is 9.99. The first-order chi connectivity index (χ1) is 10.3. The molecule has 0 aromatic heterocycles. The first kappa shape index (κ1) is 20.1. The van der Waals surface area contributed by atoms with Crippen LogP contribution in [0.15, 0.2) is 30.3 Å². The molecule has 4 nitrogen and oxygen atoms in total. The Bertz CT molecular complexity index is 507. The van der Waals surface area contributed by atoms with Crippen molar-refractivity contribution >= 4 is 75.7 Å². The molecule has 0 saturated carbocycles. The van der Waals surface area contributed by atoms with E-state index in [0.29, 0.717) is 0 Å². The molecule has 0 amide bonds. The Hall–Kier alpha value is 0.0800. The summed E-state index contributed by atoms with van der Waals surface area (Å²) in [6.45, 7) is 0. The third kappa shape index (κ3) is 4.13. The van der Waals surface area contributed by atoms with E-state index in [4.69, 9.17) is 9.47 Å². The van der Waals surface area contributed by atoms with Gasteiger partial charge in [-0.15, -0.1) is 0 Å². The van der Waals surface area contributed by atoms with Crippen LogP contribution in [0.5, 0.6) is 0 Å². The molecule has 3 atom stereocenters. The second-order valence-corrected chi connectivity index (χ2v) is 8.63. The molecule has 0 heterocycles. The molecule has 0 fully saturated rings. The van der Waals surface area contributed by atoms with Crippen LogP contribution in [0.1, 0.15) is 10.4 Å². The Kier molecular flexibility index (Phi) is 8.05. The highest BCUT2D eigenvalue weighted by Gasteiger charge is 2.55. The molecule has 0 N–H and O–H groups in total. The Labute approximate surface area is 162 Å². The topological polar surface area (TPSA) is 52.6 Å². The number of esters is 2. The van der Waals surface area contributed by atoms with Crippen LogP contribution in [0.4, 0.5) is 0 Å². The number of methoxy groups -OCH3 is 2. The van der Waals surface area contributed by atoms with Crippen LogP contribution >= 0.6 is 63.7 Å². The van der Waals surface area contributed by atoms with Gasteiger partial charge in [-0.2, -0.15) is 0 Å². The van der Waals surface area contributed by atoms with Gasteiger partial charge < -0.3 is 9.47 Å². The van der Waals surface area contributed by atoms with E-state index >= 15 is 0 Å². The first-order valence-corrected chi connectivity index (χ1v) is 9.67. The molecule has 122 valence electrons. The van der Waals surface area contributed by atoms with Crippen molar-refractivity contribution in [3.05, 3.63) is 35.9 Å². The molecule has 0 saturated heterocycles. The minimum Gasteiger partial charge on any atom is -0.467 e. The maximum absolute atomic E-state index is 12.1. The first-order valence-electron chi connectivity index (χ1n) is 6.13. The summed E-state index contributed by atoms with van der Waals surface area (Å²) in [6, 6.07) is 9.62. The van der Waals surface area contributed by atoms with Crippen molar-refractivity contribution in [3.63, 3.8) is 0 Å². The number of carbonyl (C=O) groups is 2. The van der Waals surface area contributed by atoms with E-state index in [2.05, 4.69) is 63.7 Å². The molecule has 0 bridgehead atoms. The Morgan fingerprint density at radius 3 is 1.86 bits per heavy atom. The standard InChI is InChI=1S/C14H14Br4O4/c1-21-12(19)14(18,13(20)22-2)11(17)10(16)9(15)8-6-4-3-5-7-8/h3-7,9-11H,1-2H3/t9-,10+,11-/m1/s1. The minimum absolute atomic E-state index is 0.149. The van der Waals surface area contributed by atoms with Gasteiger partial charge in [0.05, 0.1) is 23.9 Å². The van der Waals surface area contributed by atoms with E-state index in [1.54, 1.807) is 0 Å². The maximum Gasteiger partial charge on any atom is 0.335 e. The van der Waals surface area contributed by atoms with Crippen molar-refractivity contribution in [2.24, 2.45) is 0 Å². The van der Waals surface area contributed by atoms with Gasteiger partial charge in [-0.25, -0.2) is 9.59 Å². The van der Waals surface area contributed by atoms with E-state index in [-0.39, 0.29) is 9.65 Å². The molecule has 1 aromatic rings. The molecule has 0 unspecified atom stereocenters. The van der Waals surface area contributed by atoms with E-state index < -0.39 is 21.1 Å². The van der Waals surface area contributed by atoms with E-state index in [0.717, 1.165) is 5.56 Å². The highest BCUT2D eigenvalue weighted by molar-refractivity contribution is 9.14. The third-order valence-corrected chi connectivity index (χ3v) is 9.61. The van der Waals surface area contributed by atoms with E-state index in [1.807, 2.05) is 30.3 Å². The van der Waals surface area contributed by atoms with Crippen molar-refractivity contribution in [3.8, 4) is 0 Å². The van der Waals surface area contributed by atoms with Crippen LogP contribution in [0.25, 0.3) is 0 Å². The molecule has 22 heavy (non-hydrogen) atoms. The summed E-state index contributed by atoms with van der Waals surface area (Å²) in [5, 5.41) is 0. The van der Waals surface area contributed by atoms with Crippen molar-refractivity contribution in [2.75, 3.05) is 14.2 Å². The quantitative estimate of drug-likeness (QED) is 0.296. The van der Waals surface area contributed by atoms with Gasteiger partial charge in [0.1, 0.15) is 0 Å².